The maximum Gasteiger partial charge on any atom is 0.416 e. The van der Waals surface area contributed by atoms with E-state index in [2.05, 4.69) is 5.32 Å². The fraction of sp³-hybridized carbons (Fsp3) is 0.562. The molecule has 4 nitrogen and oxygen atoms in total. The van der Waals surface area contributed by atoms with Crippen LogP contribution in [0.15, 0.2) is 24.3 Å². The smallest absolute Gasteiger partial charge is 0.347 e. The van der Waals surface area contributed by atoms with Gasteiger partial charge in [-0.3, -0.25) is 9.69 Å². The number of nitrogens with zero attached hydrogens (tertiary/aromatic N) is 2. The second-order valence-corrected chi connectivity index (χ2v) is 6.11. The summed E-state index contributed by atoms with van der Waals surface area (Å²) in [6.45, 7) is 3.93. The Morgan fingerprint density at radius 1 is 1.39 bits per heavy atom. The molecule has 0 radical (unpaired) electrons. The van der Waals surface area contributed by atoms with Gasteiger partial charge in [-0.15, -0.1) is 0 Å². The van der Waals surface area contributed by atoms with Crippen LogP contribution in [0, 0.1) is 0 Å². The summed E-state index contributed by atoms with van der Waals surface area (Å²) in [7, 11) is 3.24. The molecule has 1 N–H and O–H groups in total. The fourth-order valence-electron chi connectivity index (χ4n) is 2.84. The molecule has 23 heavy (non-hydrogen) atoms. The van der Waals surface area contributed by atoms with E-state index in [1.807, 2.05) is 11.8 Å². The van der Waals surface area contributed by atoms with E-state index in [0.717, 1.165) is 12.1 Å². The molecule has 1 aromatic rings. The molecule has 1 saturated heterocycles. The minimum Gasteiger partial charge on any atom is -0.347 e. The van der Waals surface area contributed by atoms with E-state index >= 15 is 0 Å². The van der Waals surface area contributed by atoms with E-state index in [4.69, 9.17) is 0 Å². The summed E-state index contributed by atoms with van der Waals surface area (Å²) < 4.78 is 38.9. The summed E-state index contributed by atoms with van der Waals surface area (Å²) >= 11 is 0. The molecule has 2 atom stereocenters. The lowest BCUT2D eigenvalue weighted by atomic mass is 9.99. The SMILES string of the molecule is CC1CN(C(C(=O)N(C)C)c2cccc(C(F)(F)F)c2)CCN1. The quantitative estimate of drug-likeness (QED) is 0.923. The lowest BCUT2D eigenvalue weighted by molar-refractivity contribution is -0.138. The van der Waals surface area contributed by atoms with Crippen molar-refractivity contribution in [1.29, 1.82) is 0 Å². The third-order valence-electron chi connectivity index (χ3n) is 3.97. The number of carbonyl (C=O) groups excluding carboxylic acids is 1. The Kier molecular flexibility index (Phi) is 5.31. The van der Waals surface area contributed by atoms with E-state index in [-0.39, 0.29) is 11.9 Å². The van der Waals surface area contributed by atoms with Crippen LogP contribution in [0.1, 0.15) is 24.1 Å². The van der Waals surface area contributed by atoms with E-state index < -0.39 is 17.8 Å². The molecule has 1 aromatic carbocycles. The van der Waals surface area contributed by atoms with Crippen LogP contribution in [0.25, 0.3) is 0 Å². The van der Waals surface area contributed by atoms with E-state index in [0.29, 0.717) is 25.2 Å². The highest BCUT2D eigenvalue weighted by molar-refractivity contribution is 5.83. The van der Waals surface area contributed by atoms with E-state index in [1.54, 1.807) is 20.2 Å². The van der Waals surface area contributed by atoms with Crippen LogP contribution < -0.4 is 5.32 Å². The first kappa shape index (κ1) is 17.7. The van der Waals surface area contributed by atoms with Crippen molar-refractivity contribution < 1.29 is 18.0 Å². The van der Waals surface area contributed by atoms with Crippen molar-refractivity contribution in [3.8, 4) is 0 Å². The minimum absolute atomic E-state index is 0.187. The standard InChI is InChI=1S/C16H22F3N3O/c1-11-10-22(8-7-20-11)14(15(23)21(2)3)12-5-4-6-13(9-12)16(17,18)19/h4-6,9,11,14,20H,7-8,10H2,1-3H3. The molecule has 0 bridgehead atoms. The second kappa shape index (κ2) is 6.88. The van der Waals surface area contributed by atoms with Crippen LogP contribution in [-0.4, -0.2) is 55.5 Å². The van der Waals surface area contributed by atoms with Crippen LogP contribution >= 0.6 is 0 Å². The Hall–Kier alpha value is -1.60. The first-order valence-corrected chi connectivity index (χ1v) is 7.56. The van der Waals surface area contributed by atoms with Gasteiger partial charge in [0.1, 0.15) is 6.04 Å². The van der Waals surface area contributed by atoms with Gasteiger partial charge in [0.05, 0.1) is 5.56 Å². The number of halogens is 3. The molecule has 1 aliphatic rings. The molecule has 1 aliphatic heterocycles. The molecule has 0 aromatic heterocycles. The van der Waals surface area contributed by atoms with Crippen molar-refractivity contribution >= 4 is 5.91 Å². The van der Waals surface area contributed by atoms with Crippen LogP contribution in [-0.2, 0) is 11.0 Å². The average Bonchev–Trinajstić information content (AvgIpc) is 2.47. The van der Waals surface area contributed by atoms with Crippen molar-refractivity contribution in [2.45, 2.75) is 25.2 Å². The summed E-state index contributed by atoms with van der Waals surface area (Å²) in [6.07, 6.45) is -4.42. The summed E-state index contributed by atoms with van der Waals surface area (Å²) in [5.41, 5.74) is -0.345. The molecule has 0 aliphatic carbocycles. The number of piperazine rings is 1. The summed E-state index contributed by atoms with van der Waals surface area (Å²) in [5, 5.41) is 3.28. The predicted molar refractivity (Wildman–Crippen MR) is 81.9 cm³/mol. The lowest BCUT2D eigenvalue weighted by Gasteiger charge is -2.38. The maximum absolute atomic E-state index is 13.0. The molecule has 1 amide bonds. The number of likely N-dealkylation sites (N-methyl/N-ethyl adjacent to an activating group) is 1. The molecule has 2 rings (SSSR count). The van der Waals surface area contributed by atoms with Crippen molar-refractivity contribution in [1.82, 2.24) is 15.1 Å². The molecule has 128 valence electrons. The largest absolute Gasteiger partial charge is 0.416 e. The van der Waals surface area contributed by atoms with E-state index in [1.165, 1.54) is 11.0 Å². The zero-order chi connectivity index (χ0) is 17.2. The number of benzene rings is 1. The van der Waals surface area contributed by atoms with Crippen molar-refractivity contribution in [3.63, 3.8) is 0 Å². The fourth-order valence-corrected chi connectivity index (χ4v) is 2.84. The Bertz CT molecular complexity index is 560. The van der Waals surface area contributed by atoms with Gasteiger partial charge in [0.25, 0.3) is 0 Å². The summed E-state index contributed by atoms with van der Waals surface area (Å²) in [4.78, 5) is 16.0. The van der Waals surface area contributed by atoms with Gasteiger partial charge in [-0.05, 0) is 24.6 Å². The molecule has 7 heteroatoms. The highest BCUT2D eigenvalue weighted by Crippen LogP contribution is 2.32. The maximum atomic E-state index is 13.0. The van der Waals surface area contributed by atoms with Crippen LogP contribution in [0.2, 0.25) is 0 Å². The number of hydrogen-bond acceptors (Lipinski definition) is 3. The minimum atomic E-state index is -4.42. The van der Waals surface area contributed by atoms with Gasteiger partial charge < -0.3 is 10.2 Å². The molecule has 1 heterocycles. The number of hydrogen-bond donors (Lipinski definition) is 1. The van der Waals surface area contributed by atoms with Gasteiger partial charge in [0.15, 0.2) is 0 Å². The Morgan fingerprint density at radius 3 is 2.65 bits per heavy atom. The molecule has 0 saturated carbocycles. The molecule has 2 unspecified atom stereocenters. The second-order valence-electron chi connectivity index (χ2n) is 6.11. The summed E-state index contributed by atoms with van der Waals surface area (Å²) in [5.74, 6) is -0.210. The molecule has 0 spiro atoms. The Balaban J connectivity index is 2.39. The van der Waals surface area contributed by atoms with Gasteiger partial charge in [0.2, 0.25) is 5.91 Å². The number of alkyl halides is 3. The highest BCUT2D eigenvalue weighted by atomic mass is 19.4. The molecular weight excluding hydrogens is 307 g/mol. The Labute approximate surface area is 134 Å². The number of carbonyl (C=O) groups is 1. The topological polar surface area (TPSA) is 35.6 Å². The Morgan fingerprint density at radius 2 is 2.09 bits per heavy atom. The zero-order valence-corrected chi connectivity index (χ0v) is 13.5. The average molecular weight is 329 g/mol. The number of rotatable bonds is 3. The van der Waals surface area contributed by atoms with Gasteiger partial charge in [-0.2, -0.15) is 13.2 Å². The van der Waals surface area contributed by atoms with Crippen molar-refractivity contribution in [3.05, 3.63) is 35.4 Å². The monoisotopic (exact) mass is 329 g/mol. The van der Waals surface area contributed by atoms with Gasteiger partial charge in [-0.25, -0.2) is 0 Å². The normalized spacial score (nSPS) is 21.0. The number of nitrogens with one attached hydrogen (secondary N) is 1. The van der Waals surface area contributed by atoms with Crippen molar-refractivity contribution in [2.75, 3.05) is 33.7 Å². The van der Waals surface area contributed by atoms with Crippen LogP contribution in [0.3, 0.4) is 0 Å². The molecular formula is C16H22F3N3O. The summed E-state index contributed by atoms with van der Waals surface area (Å²) in [6, 6.07) is 4.55. The van der Waals surface area contributed by atoms with Gasteiger partial charge in [-0.1, -0.05) is 12.1 Å². The first-order chi connectivity index (χ1) is 10.7. The first-order valence-electron chi connectivity index (χ1n) is 7.56. The van der Waals surface area contributed by atoms with Crippen molar-refractivity contribution in [2.24, 2.45) is 0 Å². The predicted octanol–water partition coefficient (Wildman–Crippen LogP) is 2.13. The lowest BCUT2D eigenvalue weighted by Crippen LogP contribution is -2.53. The highest BCUT2D eigenvalue weighted by Gasteiger charge is 2.35. The third-order valence-corrected chi connectivity index (χ3v) is 3.97. The third kappa shape index (κ3) is 4.23. The number of amides is 1. The van der Waals surface area contributed by atoms with Crippen LogP contribution in [0.5, 0.6) is 0 Å². The van der Waals surface area contributed by atoms with Gasteiger partial charge >= 0.3 is 6.18 Å². The van der Waals surface area contributed by atoms with Gasteiger partial charge in [0, 0.05) is 39.8 Å². The van der Waals surface area contributed by atoms with Crippen LogP contribution in [0.4, 0.5) is 13.2 Å². The van der Waals surface area contributed by atoms with E-state index in [9.17, 15) is 18.0 Å². The molecule has 1 fully saturated rings. The zero-order valence-electron chi connectivity index (χ0n) is 13.5.